The van der Waals surface area contributed by atoms with Gasteiger partial charge in [0, 0.05) is 32.0 Å². The van der Waals surface area contributed by atoms with Crippen LogP contribution in [0.15, 0.2) is 39.2 Å². The minimum atomic E-state index is -0.395. The van der Waals surface area contributed by atoms with Crippen LogP contribution in [0.1, 0.15) is 30.8 Å². The molecule has 9 nitrogen and oxygen atoms in total. The Morgan fingerprint density at radius 3 is 2.68 bits per heavy atom. The molecule has 0 radical (unpaired) electrons. The molecule has 1 aliphatic rings. The van der Waals surface area contributed by atoms with E-state index >= 15 is 0 Å². The smallest absolute Gasteiger partial charge is 0.343 e. The van der Waals surface area contributed by atoms with Crippen LogP contribution in [0, 0.1) is 6.92 Å². The standard InChI is InChI=1S/C21H25N5O4S/c1-4-24-19(22-23-20(24)28)16-9-15(30-3)10-25(16)18(27)11-26-17(12-31-21(26)29)14-7-5-13(2)6-8-14/h5-8,12,15-16H,4,9-11H2,1-3H3,(H,23,28)/t15-,16-/m0/s1. The maximum absolute atomic E-state index is 13.3. The summed E-state index contributed by atoms with van der Waals surface area (Å²) in [5.41, 5.74) is 2.42. The number of nitrogens with zero attached hydrogens (tertiary/aromatic N) is 4. The van der Waals surface area contributed by atoms with Crippen LogP contribution in [0.3, 0.4) is 0 Å². The first kappa shape index (κ1) is 21.3. The molecular formula is C21H25N5O4S. The first-order chi connectivity index (χ1) is 14.9. The molecular weight excluding hydrogens is 418 g/mol. The number of nitrogens with one attached hydrogen (secondary N) is 1. The number of aromatic nitrogens is 4. The predicted octanol–water partition coefficient (Wildman–Crippen LogP) is 1.78. The molecule has 2 atom stereocenters. The summed E-state index contributed by atoms with van der Waals surface area (Å²) in [6.45, 7) is 4.60. The van der Waals surface area contributed by atoms with Crippen molar-refractivity contribution in [2.75, 3.05) is 13.7 Å². The van der Waals surface area contributed by atoms with Gasteiger partial charge in [-0.25, -0.2) is 9.89 Å². The lowest BCUT2D eigenvalue weighted by atomic mass is 10.1. The van der Waals surface area contributed by atoms with Crippen LogP contribution in [-0.4, -0.2) is 49.9 Å². The third-order valence-corrected chi connectivity index (χ3v) is 6.50. The average Bonchev–Trinajstić information content (AvgIpc) is 3.45. The zero-order valence-corrected chi connectivity index (χ0v) is 18.5. The van der Waals surface area contributed by atoms with Gasteiger partial charge in [0.05, 0.1) is 17.8 Å². The quantitative estimate of drug-likeness (QED) is 0.626. The summed E-state index contributed by atoms with van der Waals surface area (Å²) < 4.78 is 8.53. The Balaban J connectivity index is 1.64. The highest BCUT2D eigenvalue weighted by molar-refractivity contribution is 7.07. The average molecular weight is 444 g/mol. The Hall–Kier alpha value is -2.98. The van der Waals surface area contributed by atoms with Gasteiger partial charge in [0.1, 0.15) is 6.54 Å². The van der Waals surface area contributed by atoms with Gasteiger partial charge in [-0.05, 0) is 19.4 Å². The van der Waals surface area contributed by atoms with Crippen molar-refractivity contribution in [2.24, 2.45) is 0 Å². The molecule has 4 rings (SSSR count). The number of rotatable bonds is 6. The van der Waals surface area contributed by atoms with Gasteiger partial charge in [-0.3, -0.25) is 18.7 Å². The summed E-state index contributed by atoms with van der Waals surface area (Å²) in [4.78, 5) is 39.4. The fourth-order valence-electron chi connectivity index (χ4n) is 4.03. The van der Waals surface area contributed by atoms with Crippen LogP contribution >= 0.6 is 11.3 Å². The van der Waals surface area contributed by atoms with Gasteiger partial charge in [-0.1, -0.05) is 41.2 Å². The highest BCUT2D eigenvalue weighted by atomic mass is 32.1. The van der Waals surface area contributed by atoms with Crippen molar-refractivity contribution < 1.29 is 9.53 Å². The molecule has 164 valence electrons. The van der Waals surface area contributed by atoms with Crippen LogP contribution < -0.4 is 10.6 Å². The molecule has 31 heavy (non-hydrogen) atoms. The van der Waals surface area contributed by atoms with Crippen molar-refractivity contribution in [3.8, 4) is 11.3 Å². The van der Waals surface area contributed by atoms with Gasteiger partial charge in [-0.2, -0.15) is 5.10 Å². The number of methoxy groups -OCH3 is 1. The van der Waals surface area contributed by atoms with E-state index in [4.69, 9.17) is 4.74 Å². The zero-order chi connectivity index (χ0) is 22.1. The van der Waals surface area contributed by atoms with E-state index in [1.54, 1.807) is 17.4 Å². The molecule has 2 aromatic heterocycles. The highest BCUT2D eigenvalue weighted by Crippen LogP contribution is 2.32. The van der Waals surface area contributed by atoms with Crippen molar-refractivity contribution >= 4 is 17.2 Å². The summed E-state index contributed by atoms with van der Waals surface area (Å²) in [5, 5.41) is 8.42. The molecule has 10 heteroatoms. The molecule has 0 bridgehead atoms. The molecule has 3 heterocycles. The number of thiazole rings is 1. The summed E-state index contributed by atoms with van der Waals surface area (Å²) in [6, 6.07) is 7.45. The highest BCUT2D eigenvalue weighted by Gasteiger charge is 2.39. The molecule has 1 saturated heterocycles. The summed E-state index contributed by atoms with van der Waals surface area (Å²) in [6.07, 6.45) is 0.373. The minimum Gasteiger partial charge on any atom is -0.380 e. The third kappa shape index (κ3) is 4.00. The second kappa shape index (κ2) is 8.64. The van der Waals surface area contributed by atoms with Crippen LogP contribution in [0.5, 0.6) is 0 Å². The van der Waals surface area contributed by atoms with Crippen LogP contribution in [-0.2, 0) is 22.6 Å². The van der Waals surface area contributed by atoms with E-state index in [0.717, 1.165) is 22.5 Å². The zero-order valence-electron chi connectivity index (χ0n) is 17.7. The van der Waals surface area contributed by atoms with Crippen molar-refractivity contribution in [1.82, 2.24) is 24.2 Å². The van der Waals surface area contributed by atoms with Crippen LogP contribution in [0.25, 0.3) is 11.3 Å². The van der Waals surface area contributed by atoms with E-state index in [0.29, 0.717) is 31.0 Å². The van der Waals surface area contributed by atoms with Crippen molar-refractivity contribution in [1.29, 1.82) is 0 Å². The molecule has 0 unspecified atom stereocenters. The molecule has 1 aliphatic heterocycles. The van der Waals surface area contributed by atoms with Crippen molar-refractivity contribution in [3.63, 3.8) is 0 Å². The number of amides is 1. The Morgan fingerprint density at radius 1 is 1.26 bits per heavy atom. The maximum atomic E-state index is 13.3. The largest absolute Gasteiger partial charge is 0.380 e. The van der Waals surface area contributed by atoms with E-state index < -0.39 is 6.04 Å². The number of carbonyl (C=O) groups is 1. The summed E-state index contributed by atoms with van der Waals surface area (Å²) in [5.74, 6) is 0.299. The van der Waals surface area contributed by atoms with E-state index in [1.807, 2.05) is 38.1 Å². The van der Waals surface area contributed by atoms with Crippen LogP contribution in [0.4, 0.5) is 0 Å². The van der Waals surface area contributed by atoms with Gasteiger partial charge in [0.2, 0.25) is 5.91 Å². The number of likely N-dealkylation sites (tertiary alicyclic amines) is 1. The van der Waals surface area contributed by atoms with Gasteiger partial charge in [0.15, 0.2) is 5.82 Å². The number of ether oxygens (including phenoxy) is 1. The second-order valence-electron chi connectivity index (χ2n) is 7.63. The van der Waals surface area contributed by atoms with Crippen molar-refractivity contribution in [2.45, 2.75) is 45.5 Å². The lowest BCUT2D eigenvalue weighted by Gasteiger charge is -2.24. The van der Waals surface area contributed by atoms with E-state index in [1.165, 1.54) is 9.13 Å². The SMILES string of the molecule is CCn1c([C@@H]2C[C@H](OC)CN2C(=O)Cn2c(-c3ccc(C)cc3)csc2=O)n[nH]c1=O. The van der Waals surface area contributed by atoms with Crippen molar-refractivity contribution in [3.05, 3.63) is 61.2 Å². The lowest BCUT2D eigenvalue weighted by molar-refractivity contribution is -0.133. The normalized spacial score (nSPS) is 18.6. The van der Waals surface area contributed by atoms with E-state index in [9.17, 15) is 14.4 Å². The summed E-state index contributed by atoms with van der Waals surface area (Å²) >= 11 is 1.08. The Bertz CT molecular complexity index is 1190. The Labute approximate surface area is 182 Å². The fourth-order valence-corrected chi connectivity index (χ4v) is 4.80. The fraction of sp³-hybridized carbons (Fsp3) is 0.429. The van der Waals surface area contributed by atoms with Gasteiger partial charge >= 0.3 is 10.6 Å². The van der Waals surface area contributed by atoms with E-state index in [-0.39, 0.29) is 29.1 Å². The number of aryl methyl sites for hydroxylation is 1. The maximum Gasteiger partial charge on any atom is 0.343 e. The first-order valence-electron chi connectivity index (χ1n) is 10.2. The molecule has 1 fully saturated rings. The number of hydrogen-bond acceptors (Lipinski definition) is 6. The molecule has 0 spiro atoms. The number of aromatic amines is 1. The molecule has 1 amide bonds. The molecule has 1 aromatic carbocycles. The number of H-pyrrole nitrogens is 1. The minimum absolute atomic E-state index is 0.0841. The number of carbonyl (C=O) groups excluding carboxylic acids is 1. The third-order valence-electron chi connectivity index (χ3n) is 5.74. The number of benzene rings is 1. The van der Waals surface area contributed by atoms with Crippen LogP contribution in [0.2, 0.25) is 0 Å². The second-order valence-corrected chi connectivity index (χ2v) is 8.45. The predicted molar refractivity (Wildman–Crippen MR) is 117 cm³/mol. The molecule has 1 N–H and O–H groups in total. The Kier molecular flexibility index (Phi) is 5.92. The van der Waals surface area contributed by atoms with Gasteiger partial charge in [0.25, 0.3) is 0 Å². The van der Waals surface area contributed by atoms with Gasteiger partial charge < -0.3 is 9.64 Å². The topological polar surface area (TPSA) is 102 Å². The summed E-state index contributed by atoms with van der Waals surface area (Å²) in [7, 11) is 1.60. The molecule has 0 saturated carbocycles. The first-order valence-corrected chi connectivity index (χ1v) is 11.0. The molecule has 3 aromatic rings. The van der Waals surface area contributed by atoms with Gasteiger partial charge in [-0.15, -0.1) is 0 Å². The van der Waals surface area contributed by atoms with E-state index in [2.05, 4.69) is 10.2 Å². The lowest BCUT2D eigenvalue weighted by Crippen LogP contribution is -2.37. The monoisotopic (exact) mass is 443 g/mol. The number of hydrogen-bond donors (Lipinski definition) is 1. The Morgan fingerprint density at radius 2 is 2.00 bits per heavy atom. The molecule has 0 aliphatic carbocycles.